The smallest absolute Gasteiger partial charge is 0.350 e. The van der Waals surface area contributed by atoms with Gasteiger partial charge in [0.15, 0.2) is 22.9 Å². The number of hydrogen-bond acceptors (Lipinski definition) is 21. The molecule has 36 heteroatoms. The number of aryl methyl sites for hydroxylation is 2. The van der Waals surface area contributed by atoms with Crippen molar-refractivity contribution in [1.82, 2.24) is 110 Å². The predicted octanol–water partition coefficient (Wildman–Crippen LogP) is 13.2. The summed E-state index contributed by atoms with van der Waals surface area (Å²) in [7, 11) is 0. The van der Waals surface area contributed by atoms with E-state index >= 15 is 26.3 Å². The zero-order chi connectivity index (χ0) is 96.3. The Morgan fingerprint density at radius 2 is 1.12 bits per heavy atom. The Labute approximate surface area is 789 Å². The SMILES string of the molecule is C=CC(=O)N1CCN(C2NC(=O)N3C4NC(C(F)CC42)C2C(F)CCCC2N2C=C(CC4CCCC(C(C)C)C43)NN2)[C@@H](C)C1.C=CC(=O)N1CCN(c2nc(=O)n3c4nc(c(F)cc24)-c2c(F)cccc2-c2cn(nn2)CCc2cccc(C(C)C)c2-3)[C@@H](C)C1.C=CC(=O)N1C[C@H](C)N(c2nc(=O)n3c4nc(c(F)cc24)-c2c(F)cccc2-c2cn(nn2)Cc2cccc(C(C)C)c2-3)C[C@H]1C. The van der Waals surface area contributed by atoms with Gasteiger partial charge < -0.3 is 40.1 Å². The molecule has 11 unspecified atom stereocenters. The lowest BCUT2D eigenvalue weighted by atomic mass is 9.68. The van der Waals surface area contributed by atoms with Crippen LogP contribution in [0.25, 0.3) is 78.5 Å². The van der Waals surface area contributed by atoms with Gasteiger partial charge in [-0.05, 0) is 173 Å². The number of amides is 5. The van der Waals surface area contributed by atoms with E-state index in [0.29, 0.717) is 128 Å². The minimum atomic E-state index is -1.27. The summed E-state index contributed by atoms with van der Waals surface area (Å²) >= 11 is 0. The van der Waals surface area contributed by atoms with E-state index in [9.17, 15) is 28.8 Å². The molecular weight excluding hydrogens is 1760 g/mol. The van der Waals surface area contributed by atoms with E-state index in [2.05, 4.69) is 109 Å². The molecule has 718 valence electrons. The average Bonchev–Trinajstić information content (AvgIpc) is 1.63. The number of halogens is 6. The standard InChI is InChI=1S/2C34H32F2N8O2.C33H52F2N8O2/c1-6-28(45)42-14-20(5)43(15-19(42)4)32-24-13-26(36)30-29-23(11-8-12-25(29)35)27-17-41(40-39-27)16-21-9-7-10-22(18(2)3)31(21)44(33(24)37-30)34(46)38-32;1-5-28(45)41-14-15-43(20(4)17-41)32-24-16-26(36)30-29-23(10-7-11-25(29)35)27-18-42(40-39-27)13-12-21-8-6-9-22(19(2)3)31(21)44(33(24)37-30)34(46)38-32;1-5-27(44)40-12-13-41(19(4)16-40)31-23-15-25(35)29-28-24(34)10-7-11-26(28)42-17-21(38-39-42)14-20-8-6-9-22(18(2)3)30(20)43(32(23)36-29)33(45)37-31/h6-13,17-20H,1,14-16H2,2-5H3;5-11,16,18-20H,1,12-15,17H2,2-4H3;5,17-20,22-26,28-32,36,38-39H,1,6-16H2,2-4H3,(H,37,45)/t19-,20+;20-;19-,20?,22?,23?,24?,25?,26?,28?,29?,30?,31?,32?/m100/s1. The number of rotatable bonds is 9. The average molecular weight is 1880 g/mol. The van der Waals surface area contributed by atoms with Crippen LogP contribution in [0.4, 0.5) is 42.8 Å². The van der Waals surface area contributed by atoms with Gasteiger partial charge in [0.1, 0.15) is 58.4 Å². The number of anilines is 2. The number of allylic oxidation sites excluding steroid dienone is 1. The molecule has 11 aliphatic rings. The fourth-order valence-corrected chi connectivity index (χ4v) is 23.5. The molecule has 2 saturated carbocycles. The highest BCUT2D eigenvalue weighted by Crippen LogP contribution is 2.50. The summed E-state index contributed by atoms with van der Waals surface area (Å²) in [4.78, 5) is 113. The van der Waals surface area contributed by atoms with Gasteiger partial charge in [-0.3, -0.25) is 34.3 Å². The summed E-state index contributed by atoms with van der Waals surface area (Å²) in [5.41, 5.74) is 12.1. The van der Waals surface area contributed by atoms with Crippen LogP contribution >= 0.6 is 0 Å². The van der Waals surface area contributed by atoms with Gasteiger partial charge in [0.25, 0.3) is 0 Å². The van der Waals surface area contributed by atoms with Crippen LogP contribution in [-0.2, 0) is 33.9 Å². The van der Waals surface area contributed by atoms with Gasteiger partial charge in [-0.25, -0.2) is 64.5 Å². The Morgan fingerprint density at radius 1 is 0.562 bits per heavy atom. The van der Waals surface area contributed by atoms with E-state index in [1.54, 1.807) is 48.6 Å². The maximum Gasteiger partial charge on any atom is 0.355 e. The fraction of sp³-hybridized carbons (Fsp3) is 0.465. The van der Waals surface area contributed by atoms with Gasteiger partial charge in [-0.1, -0.05) is 139 Å². The van der Waals surface area contributed by atoms with Gasteiger partial charge in [-0.2, -0.15) is 9.97 Å². The number of fused-ring (bicyclic) bond motifs is 23. The minimum Gasteiger partial charge on any atom is -0.350 e. The molecule has 6 aromatic heterocycles. The van der Waals surface area contributed by atoms with E-state index in [4.69, 9.17) is 9.97 Å². The van der Waals surface area contributed by atoms with Crippen LogP contribution in [0.2, 0.25) is 0 Å². The quantitative estimate of drug-likeness (QED) is 0.0771. The number of carbonyl (C=O) groups is 4. The van der Waals surface area contributed by atoms with Crippen molar-refractivity contribution >= 4 is 57.5 Å². The first-order valence-corrected chi connectivity index (χ1v) is 48.0. The predicted molar refractivity (Wildman–Crippen MR) is 509 cm³/mol. The summed E-state index contributed by atoms with van der Waals surface area (Å²) < 4.78 is 103. The third-order valence-corrected chi connectivity index (χ3v) is 30.1. The highest BCUT2D eigenvalue weighted by molar-refractivity contribution is 5.95. The minimum absolute atomic E-state index is 0.00905. The number of aromatic nitrogens is 12. The summed E-state index contributed by atoms with van der Waals surface area (Å²) in [5.74, 6) is -2.78. The lowest BCUT2D eigenvalue weighted by Crippen LogP contribution is -2.79. The van der Waals surface area contributed by atoms with E-state index in [1.807, 2.05) is 99.7 Å². The van der Waals surface area contributed by atoms with E-state index in [-0.39, 0.29) is 148 Å². The van der Waals surface area contributed by atoms with Gasteiger partial charge >= 0.3 is 17.4 Å². The Kier molecular flexibility index (Phi) is 25.5. The number of urea groups is 1. The van der Waals surface area contributed by atoms with Crippen molar-refractivity contribution in [2.45, 2.75) is 219 Å². The normalized spacial score (nSPS) is 25.6. The monoisotopic (exact) mass is 1870 g/mol. The first-order chi connectivity index (χ1) is 65.9. The number of nitrogens with one attached hydrogen (secondary N) is 4. The number of piperazine rings is 3. The molecule has 2 aliphatic carbocycles. The summed E-state index contributed by atoms with van der Waals surface area (Å²) in [6.07, 6.45) is 12.8. The largest absolute Gasteiger partial charge is 0.355 e. The van der Waals surface area contributed by atoms with Crippen molar-refractivity contribution in [2.24, 2.45) is 29.6 Å². The third-order valence-electron chi connectivity index (χ3n) is 30.1. The lowest BCUT2D eigenvalue weighted by molar-refractivity contribution is -0.133. The van der Waals surface area contributed by atoms with Crippen LogP contribution in [0.1, 0.15) is 155 Å². The molecule has 12 bridgehead atoms. The Bertz CT molecular complexity index is 6610. The van der Waals surface area contributed by atoms with Crippen molar-refractivity contribution in [3.63, 3.8) is 0 Å². The number of piperidine rings is 1. The van der Waals surface area contributed by atoms with Crippen LogP contribution in [0.5, 0.6) is 0 Å². The zero-order valence-corrected chi connectivity index (χ0v) is 78.7. The van der Waals surface area contributed by atoms with Gasteiger partial charge in [0.05, 0.1) is 59.5 Å². The second-order valence-electron chi connectivity index (χ2n) is 39.4. The first kappa shape index (κ1) is 93.1. The Hall–Kier alpha value is -13.0. The van der Waals surface area contributed by atoms with Crippen molar-refractivity contribution in [3.8, 4) is 56.4 Å². The van der Waals surface area contributed by atoms with E-state index < -0.39 is 65.1 Å². The van der Waals surface area contributed by atoms with Crippen LogP contribution in [0.15, 0.2) is 157 Å². The molecule has 5 saturated heterocycles. The zero-order valence-electron chi connectivity index (χ0n) is 78.7. The molecule has 10 aromatic rings. The second kappa shape index (κ2) is 37.5. The molecule has 4 aromatic carbocycles. The van der Waals surface area contributed by atoms with Crippen molar-refractivity contribution < 1.29 is 45.5 Å². The number of alkyl halides is 2. The third kappa shape index (κ3) is 16.9. The molecule has 30 nitrogen and oxygen atoms in total. The number of para-hydroxylation sites is 2. The fourth-order valence-electron chi connectivity index (χ4n) is 23.5. The molecule has 137 heavy (non-hydrogen) atoms. The van der Waals surface area contributed by atoms with E-state index in [0.717, 1.165) is 66.5 Å². The number of hydrazine groups is 2. The molecule has 9 aliphatic heterocycles. The maximum absolute atomic E-state index is 16.7. The van der Waals surface area contributed by atoms with E-state index in [1.165, 1.54) is 63.8 Å². The lowest BCUT2D eigenvalue weighted by Gasteiger charge is -2.60. The molecule has 0 radical (unpaired) electrons. The molecule has 15 atom stereocenters. The van der Waals surface area contributed by atoms with Crippen LogP contribution in [0.3, 0.4) is 0 Å². The molecule has 4 N–H and O–H groups in total. The maximum atomic E-state index is 16.7. The van der Waals surface area contributed by atoms with Gasteiger partial charge in [0, 0.05) is 141 Å². The molecule has 7 fully saturated rings. The summed E-state index contributed by atoms with van der Waals surface area (Å²) in [6, 6.07) is 21.2. The molecular formula is C101H116F6N24O6. The highest BCUT2D eigenvalue weighted by atomic mass is 19.2. The second-order valence-corrected chi connectivity index (χ2v) is 39.4. The Balaban J connectivity index is 0.000000132. The topological polar surface area (TPSA) is 299 Å². The number of benzene rings is 4. The van der Waals surface area contributed by atoms with Crippen molar-refractivity contribution in [1.29, 1.82) is 0 Å². The van der Waals surface area contributed by atoms with Crippen molar-refractivity contribution in [2.75, 3.05) is 62.2 Å². The molecule has 21 rings (SSSR count). The number of carbonyl (C=O) groups excluding carboxylic acids is 4. The molecule has 5 amide bonds. The van der Waals surface area contributed by atoms with Gasteiger partial charge in [-0.15, -0.1) is 15.7 Å². The van der Waals surface area contributed by atoms with Crippen LogP contribution < -0.4 is 42.8 Å². The van der Waals surface area contributed by atoms with Gasteiger partial charge in [0.2, 0.25) is 17.7 Å². The number of pyridine rings is 2. The molecule has 15 heterocycles. The van der Waals surface area contributed by atoms with Crippen molar-refractivity contribution in [3.05, 3.63) is 214 Å². The highest BCUT2D eigenvalue weighted by Gasteiger charge is 2.59. The first-order valence-electron chi connectivity index (χ1n) is 48.0. The molecule has 0 spiro atoms. The summed E-state index contributed by atoms with van der Waals surface area (Å²) in [6.45, 7) is 35.4. The number of hydrogen-bond donors (Lipinski definition) is 4. The Morgan fingerprint density at radius 3 is 1.72 bits per heavy atom. The van der Waals surface area contributed by atoms with Crippen LogP contribution in [0, 0.1) is 52.9 Å². The van der Waals surface area contributed by atoms with Crippen LogP contribution in [-0.4, -0.2) is 232 Å². The summed E-state index contributed by atoms with van der Waals surface area (Å²) in [5, 5.41) is 26.8. The number of nitrogens with zero attached hydrogens (tertiary/aromatic N) is 20.